The standard InChI is InChI=1S/C25H20F3N5O3/c1-14-10-32(13-30-14)21-4-3-17(8-23(21)36-2)31-20-5-15(9-29)11-33(25(20)35)22(12-34)16-6-18(26)24(28)19(27)7-16/h3-8,10-11,13,22,31,34H,12H2,1-2H3/t22-/m0/s1. The number of rotatable bonds is 7. The highest BCUT2D eigenvalue weighted by molar-refractivity contribution is 5.65. The lowest BCUT2D eigenvalue weighted by atomic mass is 10.1. The first kappa shape index (κ1) is 24.6. The molecule has 2 heterocycles. The molecule has 1 atom stereocenters. The second kappa shape index (κ2) is 9.97. The fraction of sp³-hybridized carbons (Fsp3) is 0.160. The molecule has 0 fully saturated rings. The summed E-state index contributed by atoms with van der Waals surface area (Å²) in [5.74, 6) is -4.13. The molecule has 0 spiro atoms. The first-order valence-electron chi connectivity index (χ1n) is 10.6. The number of halogens is 3. The van der Waals surface area contributed by atoms with E-state index in [9.17, 15) is 28.3 Å². The number of pyridine rings is 1. The van der Waals surface area contributed by atoms with Crippen LogP contribution in [0.3, 0.4) is 0 Å². The van der Waals surface area contributed by atoms with Gasteiger partial charge in [0.15, 0.2) is 17.5 Å². The first-order valence-corrected chi connectivity index (χ1v) is 10.6. The van der Waals surface area contributed by atoms with Crippen molar-refractivity contribution in [1.29, 1.82) is 5.26 Å². The number of nitrogens with zero attached hydrogens (tertiary/aromatic N) is 4. The summed E-state index contributed by atoms with van der Waals surface area (Å²) in [6.45, 7) is 1.10. The number of aryl methyl sites for hydroxylation is 1. The summed E-state index contributed by atoms with van der Waals surface area (Å²) in [6, 6.07) is 8.40. The van der Waals surface area contributed by atoms with E-state index in [0.29, 0.717) is 29.3 Å². The van der Waals surface area contributed by atoms with E-state index in [1.165, 1.54) is 13.2 Å². The molecule has 0 bridgehead atoms. The second-order valence-corrected chi connectivity index (χ2v) is 7.90. The molecule has 0 aliphatic rings. The van der Waals surface area contributed by atoms with E-state index >= 15 is 0 Å². The molecule has 0 aliphatic heterocycles. The number of hydrogen-bond donors (Lipinski definition) is 2. The van der Waals surface area contributed by atoms with Gasteiger partial charge in [0.1, 0.15) is 17.5 Å². The SMILES string of the molecule is COc1cc(Nc2cc(C#N)cn([C@@H](CO)c3cc(F)c(F)c(F)c3)c2=O)ccc1-n1cnc(C)c1. The summed E-state index contributed by atoms with van der Waals surface area (Å²) in [4.78, 5) is 17.5. The number of hydrogen-bond acceptors (Lipinski definition) is 6. The summed E-state index contributed by atoms with van der Waals surface area (Å²) < 4.78 is 49.3. The summed E-state index contributed by atoms with van der Waals surface area (Å²) in [6.07, 6.45) is 4.60. The number of aliphatic hydroxyl groups is 1. The largest absolute Gasteiger partial charge is 0.494 e. The average Bonchev–Trinajstić information content (AvgIpc) is 3.30. The lowest BCUT2D eigenvalue weighted by molar-refractivity contribution is 0.246. The van der Waals surface area contributed by atoms with Crippen LogP contribution in [0.5, 0.6) is 5.75 Å². The van der Waals surface area contributed by atoms with Gasteiger partial charge in [0.05, 0.1) is 43.0 Å². The van der Waals surface area contributed by atoms with Crippen molar-refractivity contribution in [3.63, 3.8) is 0 Å². The third kappa shape index (κ3) is 4.67. The van der Waals surface area contributed by atoms with Gasteiger partial charge in [-0.05, 0) is 42.8 Å². The number of aromatic nitrogens is 3. The molecule has 184 valence electrons. The quantitative estimate of drug-likeness (QED) is 0.376. The maximum Gasteiger partial charge on any atom is 0.274 e. The lowest BCUT2D eigenvalue weighted by Gasteiger charge is -2.20. The molecule has 2 aromatic carbocycles. The molecule has 2 aromatic heterocycles. The number of nitrogens with one attached hydrogen (secondary N) is 1. The minimum atomic E-state index is -1.67. The second-order valence-electron chi connectivity index (χ2n) is 7.90. The fourth-order valence-corrected chi connectivity index (χ4v) is 3.78. The van der Waals surface area contributed by atoms with Gasteiger partial charge in [0.25, 0.3) is 5.56 Å². The Morgan fingerprint density at radius 2 is 1.89 bits per heavy atom. The van der Waals surface area contributed by atoms with Crippen molar-refractivity contribution in [3.05, 3.63) is 99.7 Å². The van der Waals surface area contributed by atoms with Crippen LogP contribution in [0.25, 0.3) is 5.69 Å². The molecule has 0 saturated carbocycles. The van der Waals surface area contributed by atoms with Gasteiger partial charge in [-0.3, -0.25) is 4.79 Å². The van der Waals surface area contributed by atoms with Crippen LogP contribution in [-0.4, -0.2) is 32.9 Å². The van der Waals surface area contributed by atoms with Crippen LogP contribution in [0.4, 0.5) is 24.5 Å². The number of imidazole rings is 1. The molecule has 11 heteroatoms. The summed E-state index contributed by atoms with van der Waals surface area (Å²) >= 11 is 0. The Morgan fingerprint density at radius 3 is 2.47 bits per heavy atom. The Balaban J connectivity index is 1.76. The molecule has 0 amide bonds. The summed E-state index contributed by atoms with van der Waals surface area (Å²) in [7, 11) is 1.49. The maximum absolute atomic E-state index is 13.8. The van der Waals surface area contributed by atoms with Crippen molar-refractivity contribution < 1.29 is 23.0 Å². The van der Waals surface area contributed by atoms with Gasteiger partial charge in [-0.2, -0.15) is 5.26 Å². The van der Waals surface area contributed by atoms with Gasteiger partial charge in [0.2, 0.25) is 0 Å². The zero-order valence-electron chi connectivity index (χ0n) is 19.2. The van der Waals surface area contributed by atoms with Crippen molar-refractivity contribution in [2.24, 2.45) is 0 Å². The Morgan fingerprint density at radius 1 is 1.17 bits per heavy atom. The van der Waals surface area contributed by atoms with Gasteiger partial charge in [-0.15, -0.1) is 0 Å². The molecule has 0 radical (unpaired) electrons. The zero-order chi connectivity index (χ0) is 26.0. The molecule has 8 nitrogen and oxygen atoms in total. The monoisotopic (exact) mass is 495 g/mol. The van der Waals surface area contributed by atoms with E-state index in [1.807, 2.05) is 19.2 Å². The highest BCUT2D eigenvalue weighted by Crippen LogP contribution is 2.29. The van der Waals surface area contributed by atoms with E-state index in [1.54, 1.807) is 29.1 Å². The Hall–Kier alpha value is -4.56. The first-order chi connectivity index (χ1) is 17.2. The topological polar surface area (TPSA) is 105 Å². The number of ether oxygens (including phenoxy) is 1. The van der Waals surface area contributed by atoms with Crippen LogP contribution >= 0.6 is 0 Å². The normalized spacial score (nSPS) is 11.7. The summed E-state index contributed by atoms with van der Waals surface area (Å²) in [5, 5.41) is 22.4. The number of anilines is 2. The van der Waals surface area contributed by atoms with Crippen molar-refractivity contribution in [1.82, 2.24) is 14.1 Å². The van der Waals surface area contributed by atoms with Crippen LogP contribution in [0, 0.1) is 35.7 Å². The van der Waals surface area contributed by atoms with Gasteiger partial charge in [-0.1, -0.05) is 0 Å². The van der Waals surface area contributed by atoms with Crippen LogP contribution in [-0.2, 0) is 0 Å². The molecular weight excluding hydrogens is 475 g/mol. The Labute approximate surface area is 203 Å². The zero-order valence-corrected chi connectivity index (χ0v) is 19.2. The third-order valence-electron chi connectivity index (χ3n) is 5.52. The highest BCUT2D eigenvalue weighted by atomic mass is 19.2. The van der Waals surface area contributed by atoms with Crippen molar-refractivity contribution in [2.75, 3.05) is 19.0 Å². The number of aliphatic hydroxyl groups excluding tert-OH is 1. The molecular formula is C25H20F3N5O3. The molecule has 0 saturated heterocycles. The predicted molar refractivity (Wildman–Crippen MR) is 125 cm³/mol. The highest BCUT2D eigenvalue weighted by Gasteiger charge is 2.21. The number of nitriles is 1. The predicted octanol–water partition coefficient (Wildman–Crippen LogP) is 3.97. The molecule has 4 aromatic rings. The van der Waals surface area contributed by atoms with Crippen LogP contribution in [0.2, 0.25) is 0 Å². The smallest absolute Gasteiger partial charge is 0.274 e. The molecule has 0 unspecified atom stereocenters. The average molecular weight is 495 g/mol. The van der Waals surface area contributed by atoms with E-state index in [0.717, 1.165) is 16.5 Å². The van der Waals surface area contributed by atoms with Crippen molar-refractivity contribution >= 4 is 11.4 Å². The van der Waals surface area contributed by atoms with Gasteiger partial charge in [-0.25, -0.2) is 18.2 Å². The van der Waals surface area contributed by atoms with E-state index in [2.05, 4.69) is 10.3 Å². The van der Waals surface area contributed by atoms with Gasteiger partial charge >= 0.3 is 0 Å². The maximum atomic E-state index is 13.8. The number of methoxy groups -OCH3 is 1. The minimum Gasteiger partial charge on any atom is -0.494 e. The summed E-state index contributed by atoms with van der Waals surface area (Å²) in [5.41, 5.74) is 1.09. The Bertz CT molecular complexity index is 1520. The van der Waals surface area contributed by atoms with Crippen molar-refractivity contribution in [2.45, 2.75) is 13.0 Å². The van der Waals surface area contributed by atoms with Crippen LogP contribution in [0.15, 0.2) is 59.9 Å². The Kier molecular flexibility index (Phi) is 6.80. The molecule has 36 heavy (non-hydrogen) atoms. The molecule has 2 N–H and O–H groups in total. The molecule has 0 aliphatic carbocycles. The fourth-order valence-electron chi connectivity index (χ4n) is 3.78. The van der Waals surface area contributed by atoms with Gasteiger partial charge in [0, 0.05) is 24.1 Å². The van der Waals surface area contributed by atoms with Gasteiger partial charge < -0.3 is 24.3 Å². The van der Waals surface area contributed by atoms with Crippen LogP contribution in [0.1, 0.15) is 22.9 Å². The van der Waals surface area contributed by atoms with Crippen LogP contribution < -0.4 is 15.6 Å². The van der Waals surface area contributed by atoms with E-state index in [4.69, 9.17) is 4.74 Å². The van der Waals surface area contributed by atoms with E-state index in [-0.39, 0.29) is 16.8 Å². The third-order valence-corrected chi connectivity index (χ3v) is 5.52. The lowest BCUT2D eigenvalue weighted by Crippen LogP contribution is -2.29. The molecule has 4 rings (SSSR count). The number of benzene rings is 2. The van der Waals surface area contributed by atoms with E-state index < -0.39 is 35.7 Å². The van der Waals surface area contributed by atoms with Crippen molar-refractivity contribution in [3.8, 4) is 17.5 Å². The minimum absolute atomic E-state index is 0.0380.